The number of nitrogens with zero attached hydrogens (tertiary/aromatic N) is 3. The zero-order valence-corrected chi connectivity index (χ0v) is 13.2. The first-order valence-electron chi connectivity index (χ1n) is 6.70. The maximum Gasteiger partial charge on any atom is 0.185 e. The van der Waals surface area contributed by atoms with E-state index < -0.39 is 5.82 Å². The Hall–Kier alpha value is -1.66. The summed E-state index contributed by atoms with van der Waals surface area (Å²) in [5.74, 6) is -0.693. The molecule has 0 saturated heterocycles. The Morgan fingerprint density at radius 2 is 2.19 bits per heavy atom. The lowest BCUT2D eigenvalue weighted by Crippen LogP contribution is -2.28. The van der Waals surface area contributed by atoms with E-state index in [2.05, 4.69) is 14.9 Å². The van der Waals surface area contributed by atoms with Crippen LogP contribution in [0, 0.1) is 18.7 Å². The van der Waals surface area contributed by atoms with Crippen LogP contribution in [0.25, 0.3) is 0 Å². The van der Waals surface area contributed by atoms with Gasteiger partial charge in [-0.25, -0.2) is 9.37 Å². The van der Waals surface area contributed by atoms with Crippen molar-refractivity contribution in [2.75, 3.05) is 13.6 Å². The van der Waals surface area contributed by atoms with Crippen LogP contribution in [0.4, 0.5) is 4.39 Å². The molecule has 1 unspecified atom stereocenters. The van der Waals surface area contributed by atoms with Gasteiger partial charge in [0.25, 0.3) is 0 Å². The van der Waals surface area contributed by atoms with Crippen molar-refractivity contribution in [1.82, 2.24) is 14.9 Å². The van der Waals surface area contributed by atoms with E-state index in [9.17, 15) is 9.18 Å². The third-order valence-electron chi connectivity index (χ3n) is 3.27. The summed E-state index contributed by atoms with van der Waals surface area (Å²) in [6, 6.07) is 2.69. The third-order valence-corrected chi connectivity index (χ3v) is 4.19. The second kappa shape index (κ2) is 6.87. The number of carbonyl (C=O) groups is 1. The van der Waals surface area contributed by atoms with E-state index in [1.54, 1.807) is 11.3 Å². The summed E-state index contributed by atoms with van der Waals surface area (Å²) in [4.78, 5) is 23.6. The fourth-order valence-corrected chi connectivity index (χ4v) is 2.97. The summed E-state index contributed by atoms with van der Waals surface area (Å²) in [5.41, 5.74) is 3.17. The van der Waals surface area contributed by atoms with Crippen molar-refractivity contribution in [3.05, 3.63) is 45.9 Å². The van der Waals surface area contributed by atoms with Crippen molar-refractivity contribution in [2.45, 2.75) is 20.4 Å². The van der Waals surface area contributed by atoms with Crippen LogP contribution in [0.2, 0.25) is 0 Å². The van der Waals surface area contributed by atoms with Gasteiger partial charge in [0.15, 0.2) is 5.78 Å². The Morgan fingerprint density at radius 3 is 2.76 bits per heavy atom. The molecule has 0 aliphatic rings. The van der Waals surface area contributed by atoms with E-state index >= 15 is 0 Å². The number of carbonyl (C=O) groups excluding carboxylic acids is 1. The number of hydrogen-bond acceptors (Lipinski definition) is 5. The number of Topliss-reactive ketones (excluding diaryl/α,β-unsaturated/α-hetero) is 1. The minimum Gasteiger partial charge on any atom is -0.301 e. The highest BCUT2D eigenvalue weighted by Crippen LogP contribution is 2.16. The second-order valence-electron chi connectivity index (χ2n) is 5.18. The molecular weight excluding hydrogens is 289 g/mol. The van der Waals surface area contributed by atoms with Crippen molar-refractivity contribution in [1.29, 1.82) is 0 Å². The topological polar surface area (TPSA) is 46.1 Å². The molecule has 6 heteroatoms. The van der Waals surface area contributed by atoms with Crippen LogP contribution in [0.15, 0.2) is 23.8 Å². The fourth-order valence-electron chi connectivity index (χ4n) is 2.11. The maximum absolute atomic E-state index is 12.8. The molecule has 2 heterocycles. The molecule has 2 aromatic heterocycles. The van der Waals surface area contributed by atoms with E-state index in [0.717, 1.165) is 18.4 Å². The van der Waals surface area contributed by atoms with Crippen LogP contribution in [-0.4, -0.2) is 34.2 Å². The number of halogens is 1. The minimum atomic E-state index is -0.433. The average molecular weight is 307 g/mol. The van der Waals surface area contributed by atoms with E-state index in [4.69, 9.17) is 0 Å². The van der Waals surface area contributed by atoms with Gasteiger partial charge in [0.2, 0.25) is 0 Å². The van der Waals surface area contributed by atoms with Gasteiger partial charge in [-0.3, -0.25) is 9.78 Å². The maximum atomic E-state index is 12.8. The van der Waals surface area contributed by atoms with Gasteiger partial charge in [-0.15, -0.1) is 11.3 Å². The zero-order valence-electron chi connectivity index (χ0n) is 12.3. The van der Waals surface area contributed by atoms with Gasteiger partial charge in [-0.2, -0.15) is 0 Å². The Balaban J connectivity index is 1.94. The molecule has 4 nitrogen and oxygen atoms in total. The Labute approximate surface area is 127 Å². The average Bonchev–Trinajstić information content (AvgIpc) is 2.84. The van der Waals surface area contributed by atoms with Crippen molar-refractivity contribution >= 4 is 17.1 Å². The fraction of sp³-hybridized carbons (Fsp3) is 0.400. The normalized spacial score (nSPS) is 12.6. The number of aryl methyl sites for hydroxylation is 1. The molecule has 21 heavy (non-hydrogen) atoms. The van der Waals surface area contributed by atoms with Crippen LogP contribution in [0.1, 0.15) is 28.0 Å². The van der Waals surface area contributed by atoms with E-state index in [1.165, 1.54) is 17.0 Å². The van der Waals surface area contributed by atoms with Crippen LogP contribution < -0.4 is 0 Å². The molecule has 1 atom stereocenters. The van der Waals surface area contributed by atoms with Crippen LogP contribution in [0.3, 0.4) is 0 Å². The van der Waals surface area contributed by atoms with Crippen molar-refractivity contribution in [2.24, 2.45) is 5.92 Å². The predicted octanol–water partition coefficient (Wildman–Crippen LogP) is 2.94. The molecule has 0 aliphatic carbocycles. The highest BCUT2D eigenvalue weighted by molar-refractivity contribution is 7.09. The van der Waals surface area contributed by atoms with Gasteiger partial charge in [0, 0.05) is 23.9 Å². The molecule has 0 N–H and O–H groups in total. The van der Waals surface area contributed by atoms with Gasteiger partial charge in [-0.05, 0) is 26.1 Å². The number of ketones is 1. The number of hydrogen-bond donors (Lipinski definition) is 0. The molecule has 0 fully saturated rings. The number of rotatable bonds is 6. The first-order valence-corrected chi connectivity index (χ1v) is 7.58. The van der Waals surface area contributed by atoms with Crippen LogP contribution in [-0.2, 0) is 6.54 Å². The van der Waals surface area contributed by atoms with E-state index in [0.29, 0.717) is 12.2 Å². The predicted molar refractivity (Wildman–Crippen MR) is 80.9 cm³/mol. The summed E-state index contributed by atoms with van der Waals surface area (Å²) < 4.78 is 12.8. The lowest BCUT2D eigenvalue weighted by molar-refractivity contribution is 0.0896. The third kappa shape index (κ3) is 4.15. The van der Waals surface area contributed by atoms with Crippen molar-refractivity contribution < 1.29 is 9.18 Å². The van der Waals surface area contributed by atoms with Crippen molar-refractivity contribution in [3.63, 3.8) is 0 Å². The van der Waals surface area contributed by atoms with Gasteiger partial charge in [0.1, 0.15) is 11.5 Å². The summed E-state index contributed by atoms with van der Waals surface area (Å²) in [5, 5.41) is 0. The number of pyridine rings is 1. The van der Waals surface area contributed by atoms with E-state index in [1.807, 2.05) is 26.4 Å². The zero-order chi connectivity index (χ0) is 15.4. The lowest BCUT2D eigenvalue weighted by atomic mass is 10.0. The quantitative estimate of drug-likeness (QED) is 0.770. The molecule has 0 saturated carbocycles. The number of aromatic nitrogens is 2. The van der Waals surface area contributed by atoms with Gasteiger partial charge >= 0.3 is 0 Å². The summed E-state index contributed by atoms with van der Waals surface area (Å²) >= 11 is 1.62. The molecular formula is C15H18FN3OS. The van der Waals surface area contributed by atoms with Crippen LogP contribution in [0.5, 0.6) is 0 Å². The molecule has 0 aliphatic heterocycles. The molecule has 0 aromatic carbocycles. The molecule has 0 spiro atoms. The smallest absolute Gasteiger partial charge is 0.185 e. The van der Waals surface area contributed by atoms with Crippen molar-refractivity contribution in [3.8, 4) is 0 Å². The Bertz CT molecular complexity index is 612. The standard InChI is InChI=1S/C15H18FN3OS/c1-10(15(20)13-5-4-12(16)6-17-13)7-19(3)8-14-11(2)18-9-21-14/h4-6,9-10H,7-8H2,1-3H3. The Kier molecular flexibility index (Phi) is 5.14. The minimum absolute atomic E-state index is 0.0668. The molecule has 112 valence electrons. The van der Waals surface area contributed by atoms with E-state index in [-0.39, 0.29) is 11.7 Å². The van der Waals surface area contributed by atoms with Gasteiger partial charge in [0.05, 0.1) is 17.4 Å². The highest BCUT2D eigenvalue weighted by Gasteiger charge is 2.19. The monoisotopic (exact) mass is 307 g/mol. The summed E-state index contributed by atoms with van der Waals surface area (Å²) in [6.45, 7) is 5.24. The SMILES string of the molecule is Cc1ncsc1CN(C)CC(C)C(=O)c1ccc(F)cn1. The lowest BCUT2D eigenvalue weighted by Gasteiger charge is -2.20. The molecule has 0 bridgehead atoms. The number of thiazole rings is 1. The Morgan fingerprint density at radius 1 is 1.43 bits per heavy atom. The summed E-state index contributed by atoms with van der Waals surface area (Å²) in [7, 11) is 1.97. The van der Waals surface area contributed by atoms with Gasteiger partial charge < -0.3 is 4.90 Å². The first kappa shape index (κ1) is 15.7. The molecule has 0 radical (unpaired) electrons. The largest absolute Gasteiger partial charge is 0.301 e. The highest BCUT2D eigenvalue weighted by atomic mass is 32.1. The molecule has 0 amide bonds. The van der Waals surface area contributed by atoms with Gasteiger partial charge in [-0.1, -0.05) is 6.92 Å². The molecule has 2 rings (SSSR count). The summed E-state index contributed by atoms with van der Waals surface area (Å²) in [6.07, 6.45) is 1.07. The molecule has 2 aromatic rings. The second-order valence-corrected chi connectivity index (χ2v) is 6.12. The van der Waals surface area contributed by atoms with Crippen LogP contribution >= 0.6 is 11.3 Å². The first-order chi connectivity index (χ1) is 9.97.